The molecule has 0 saturated carbocycles. The van der Waals surface area contributed by atoms with Gasteiger partial charge in [0.25, 0.3) is 0 Å². The Labute approximate surface area is 133 Å². The first-order chi connectivity index (χ1) is 9.79. The SMILES string of the molecule is Cc1cc(Cl)c(NC(=O)NCC(C)CCC(=O)O)cc1Cl. The summed E-state index contributed by atoms with van der Waals surface area (Å²) in [5, 5.41) is 14.8. The number of carbonyl (C=O) groups is 2. The molecule has 1 atom stereocenters. The van der Waals surface area contributed by atoms with Crippen molar-refractivity contribution < 1.29 is 14.7 Å². The molecule has 0 radical (unpaired) electrons. The maximum atomic E-state index is 11.8. The quantitative estimate of drug-likeness (QED) is 0.738. The Morgan fingerprint density at radius 2 is 1.95 bits per heavy atom. The lowest BCUT2D eigenvalue weighted by Crippen LogP contribution is -2.32. The lowest BCUT2D eigenvalue weighted by Gasteiger charge is -2.13. The third-order valence-electron chi connectivity index (χ3n) is 2.96. The van der Waals surface area contributed by atoms with Gasteiger partial charge in [0.05, 0.1) is 10.7 Å². The van der Waals surface area contributed by atoms with Crippen molar-refractivity contribution in [3.05, 3.63) is 27.7 Å². The number of benzene rings is 1. The number of carboxylic acids is 1. The van der Waals surface area contributed by atoms with Gasteiger partial charge in [-0.15, -0.1) is 0 Å². The van der Waals surface area contributed by atoms with E-state index in [-0.39, 0.29) is 12.3 Å². The zero-order valence-electron chi connectivity index (χ0n) is 11.9. The molecule has 0 heterocycles. The first-order valence-electron chi connectivity index (χ1n) is 6.52. The largest absolute Gasteiger partial charge is 0.481 e. The fourth-order valence-electron chi connectivity index (χ4n) is 1.65. The van der Waals surface area contributed by atoms with E-state index in [4.69, 9.17) is 28.3 Å². The highest BCUT2D eigenvalue weighted by Gasteiger charge is 2.10. The first-order valence-corrected chi connectivity index (χ1v) is 7.27. The molecule has 0 aromatic heterocycles. The molecule has 0 spiro atoms. The maximum Gasteiger partial charge on any atom is 0.319 e. The molecule has 2 amide bonds. The van der Waals surface area contributed by atoms with Crippen LogP contribution in [-0.2, 0) is 4.79 Å². The number of nitrogens with one attached hydrogen (secondary N) is 2. The van der Waals surface area contributed by atoms with Gasteiger partial charge in [0.15, 0.2) is 0 Å². The number of amides is 2. The number of carbonyl (C=O) groups excluding carboxylic acids is 1. The van der Waals surface area contributed by atoms with Gasteiger partial charge in [0, 0.05) is 18.0 Å². The molecule has 1 unspecified atom stereocenters. The van der Waals surface area contributed by atoms with E-state index in [1.54, 1.807) is 12.1 Å². The fourth-order valence-corrected chi connectivity index (χ4v) is 2.08. The van der Waals surface area contributed by atoms with Crippen molar-refractivity contribution in [2.75, 3.05) is 11.9 Å². The Bertz CT molecular complexity index is 535. The van der Waals surface area contributed by atoms with Crippen LogP contribution in [-0.4, -0.2) is 23.7 Å². The minimum Gasteiger partial charge on any atom is -0.481 e. The highest BCUT2D eigenvalue weighted by Crippen LogP contribution is 2.28. The molecular formula is C14H18Cl2N2O3. The van der Waals surface area contributed by atoms with Gasteiger partial charge in [-0.25, -0.2) is 4.79 Å². The van der Waals surface area contributed by atoms with Crippen LogP contribution < -0.4 is 10.6 Å². The first kappa shape index (κ1) is 17.6. The molecule has 1 aromatic rings. The Kier molecular flexibility index (Phi) is 6.78. The van der Waals surface area contributed by atoms with Crippen LogP contribution in [0.3, 0.4) is 0 Å². The summed E-state index contributed by atoms with van der Waals surface area (Å²) in [5.74, 6) is -0.767. The Hall–Kier alpha value is -1.46. The second-order valence-corrected chi connectivity index (χ2v) is 5.77. The smallest absolute Gasteiger partial charge is 0.319 e. The van der Waals surface area contributed by atoms with Gasteiger partial charge >= 0.3 is 12.0 Å². The zero-order chi connectivity index (χ0) is 16.0. The lowest BCUT2D eigenvalue weighted by molar-refractivity contribution is -0.137. The van der Waals surface area contributed by atoms with Gasteiger partial charge < -0.3 is 15.7 Å². The average Bonchev–Trinajstić information content (AvgIpc) is 2.40. The van der Waals surface area contributed by atoms with Crippen LogP contribution >= 0.6 is 23.2 Å². The summed E-state index contributed by atoms with van der Waals surface area (Å²) in [6.45, 7) is 4.08. The molecule has 116 valence electrons. The predicted octanol–water partition coefficient (Wildman–Crippen LogP) is 3.92. The molecule has 1 aromatic carbocycles. The van der Waals surface area contributed by atoms with Crippen LogP contribution in [0.2, 0.25) is 10.0 Å². The van der Waals surface area contributed by atoms with Crippen LogP contribution in [0.25, 0.3) is 0 Å². The lowest BCUT2D eigenvalue weighted by atomic mass is 10.1. The molecule has 21 heavy (non-hydrogen) atoms. The molecule has 0 aliphatic rings. The fraction of sp³-hybridized carbons (Fsp3) is 0.429. The summed E-state index contributed by atoms with van der Waals surface area (Å²) in [7, 11) is 0. The summed E-state index contributed by atoms with van der Waals surface area (Å²) < 4.78 is 0. The van der Waals surface area contributed by atoms with Crippen molar-refractivity contribution in [3.8, 4) is 0 Å². The van der Waals surface area contributed by atoms with E-state index in [2.05, 4.69) is 10.6 Å². The normalized spacial score (nSPS) is 11.8. The van der Waals surface area contributed by atoms with Gasteiger partial charge in [-0.3, -0.25) is 4.79 Å². The highest BCUT2D eigenvalue weighted by atomic mass is 35.5. The molecule has 0 saturated heterocycles. The number of hydrogen-bond donors (Lipinski definition) is 3. The van der Waals surface area contributed by atoms with Crippen LogP contribution in [0.15, 0.2) is 12.1 Å². The summed E-state index contributed by atoms with van der Waals surface area (Å²) in [6, 6.07) is 2.86. The number of rotatable bonds is 6. The number of urea groups is 1. The van der Waals surface area contributed by atoms with Gasteiger partial charge in [-0.05, 0) is 37.0 Å². The van der Waals surface area contributed by atoms with Crippen molar-refractivity contribution in [1.82, 2.24) is 5.32 Å². The Morgan fingerprint density at radius 1 is 1.29 bits per heavy atom. The highest BCUT2D eigenvalue weighted by molar-refractivity contribution is 6.36. The van der Waals surface area contributed by atoms with E-state index in [0.29, 0.717) is 28.7 Å². The number of hydrogen-bond acceptors (Lipinski definition) is 2. The maximum absolute atomic E-state index is 11.8. The van der Waals surface area contributed by atoms with E-state index < -0.39 is 12.0 Å². The number of aliphatic carboxylic acids is 1. The van der Waals surface area contributed by atoms with Crippen LogP contribution in [0.4, 0.5) is 10.5 Å². The Morgan fingerprint density at radius 3 is 2.57 bits per heavy atom. The average molecular weight is 333 g/mol. The third-order valence-corrected chi connectivity index (χ3v) is 3.68. The van der Waals surface area contributed by atoms with Gasteiger partial charge in [0.1, 0.15) is 0 Å². The standard InChI is InChI=1S/C14H18Cl2N2O3/c1-8(3-4-13(19)20)7-17-14(21)18-12-6-10(15)9(2)5-11(12)16/h5-6,8H,3-4,7H2,1-2H3,(H,19,20)(H2,17,18,21). The summed E-state index contributed by atoms with van der Waals surface area (Å²) >= 11 is 12.0. The molecular weight excluding hydrogens is 315 g/mol. The monoisotopic (exact) mass is 332 g/mol. The Balaban J connectivity index is 2.47. The van der Waals surface area contributed by atoms with E-state index in [1.165, 1.54) is 0 Å². The van der Waals surface area contributed by atoms with Crippen molar-refractivity contribution in [3.63, 3.8) is 0 Å². The van der Waals surface area contributed by atoms with E-state index in [9.17, 15) is 9.59 Å². The molecule has 5 nitrogen and oxygen atoms in total. The molecule has 0 aliphatic carbocycles. The van der Waals surface area contributed by atoms with Crippen molar-refractivity contribution in [2.24, 2.45) is 5.92 Å². The number of carboxylic acid groups (broad SMARTS) is 1. The van der Waals surface area contributed by atoms with Gasteiger partial charge in [-0.1, -0.05) is 30.1 Å². The second-order valence-electron chi connectivity index (χ2n) is 4.95. The van der Waals surface area contributed by atoms with Crippen LogP contribution in [0.5, 0.6) is 0 Å². The van der Waals surface area contributed by atoms with Gasteiger partial charge in [-0.2, -0.15) is 0 Å². The van der Waals surface area contributed by atoms with E-state index in [1.807, 2.05) is 13.8 Å². The second kappa shape index (κ2) is 8.10. The third kappa shape index (κ3) is 6.23. The van der Waals surface area contributed by atoms with Crippen LogP contribution in [0, 0.1) is 12.8 Å². The summed E-state index contributed by atoms with van der Waals surface area (Å²) in [5.41, 5.74) is 1.26. The predicted molar refractivity (Wildman–Crippen MR) is 84.3 cm³/mol. The molecule has 0 bridgehead atoms. The molecule has 7 heteroatoms. The van der Waals surface area contributed by atoms with Crippen molar-refractivity contribution in [2.45, 2.75) is 26.7 Å². The summed E-state index contributed by atoms with van der Waals surface area (Å²) in [6.07, 6.45) is 0.594. The minimum atomic E-state index is -0.840. The van der Waals surface area contributed by atoms with Crippen molar-refractivity contribution in [1.29, 1.82) is 0 Å². The van der Waals surface area contributed by atoms with Crippen molar-refractivity contribution >= 4 is 40.9 Å². The topological polar surface area (TPSA) is 78.4 Å². The molecule has 1 rings (SSSR count). The van der Waals surface area contributed by atoms with E-state index in [0.717, 1.165) is 5.56 Å². The zero-order valence-corrected chi connectivity index (χ0v) is 13.4. The van der Waals surface area contributed by atoms with Gasteiger partial charge in [0.2, 0.25) is 0 Å². The molecule has 0 aliphatic heterocycles. The number of aryl methyl sites for hydroxylation is 1. The minimum absolute atomic E-state index is 0.0731. The molecule has 3 N–H and O–H groups in total. The number of anilines is 1. The molecule has 0 fully saturated rings. The summed E-state index contributed by atoms with van der Waals surface area (Å²) in [4.78, 5) is 22.2. The van der Waals surface area contributed by atoms with E-state index >= 15 is 0 Å². The number of halogens is 2. The van der Waals surface area contributed by atoms with Crippen LogP contribution in [0.1, 0.15) is 25.3 Å².